The van der Waals surface area contributed by atoms with Crippen molar-refractivity contribution < 1.29 is 19.1 Å². The molecule has 2 aliphatic carbocycles. The van der Waals surface area contributed by atoms with Crippen molar-refractivity contribution in [2.75, 3.05) is 19.7 Å². The molecule has 9 heteroatoms. The molecule has 1 heterocycles. The molecule has 4 N–H and O–H groups in total. The van der Waals surface area contributed by atoms with Crippen LogP contribution in [0.5, 0.6) is 0 Å². The third kappa shape index (κ3) is 8.00. The Hall–Kier alpha value is -1.48. The van der Waals surface area contributed by atoms with E-state index in [0.717, 1.165) is 44.9 Å². The van der Waals surface area contributed by atoms with Crippen molar-refractivity contribution in [3.63, 3.8) is 0 Å². The molecule has 8 nitrogen and oxygen atoms in total. The van der Waals surface area contributed by atoms with Crippen LogP contribution in [0.15, 0.2) is 0 Å². The second kappa shape index (κ2) is 13.2. The fraction of sp³-hybridized carbons (Fsp3) is 0.885. The summed E-state index contributed by atoms with van der Waals surface area (Å²) in [6, 6.07) is -0.967. The molecule has 0 aromatic carbocycles. The van der Waals surface area contributed by atoms with Gasteiger partial charge in [-0.1, -0.05) is 19.8 Å². The molecule has 0 radical (unpaired) electrons. The highest BCUT2D eigenvalue weighted by molar-refractivity contribution is 8.01. The Morgan fingerprint density at radius 2 is 1.74 bits per heavy atom. The summed E-state index contributed by atoms with van der Waals surface area (Å²) < 4.78 is 4.74. The highest BCUT2D eigenvalue weighted by atomic mass is 32.2. The SMILES string of the molecule is CCCOC(=O)NC(C(=O)N1CCCC1C(=O)NCC1CCC(N)CC1)C(C)(C)SC1CCCC1. The number of carbonyl (C=O) groups is 3. The van der Waals surface area contributed by atoms with Crippen molar-refractivity contribution in [3.8, 4) is 0 Å². The van der Waals surface area contributed by atoms with Crippen LogP contribution in [0.4, 0.5) is 4.79 Å². The number of hydrogen-bond acceptors (Lipinski definition) is 6. The number of amides is 3. The van der Waals surface area contributed by atoms with Gasteiger partial charge in [0.05, 0.1) is 6.61 Å². The number of alkyl carbamates (subject to hydrolysis) is 1. The van der Waals surface area contributed by atoms with Gasteiger partial charge in [0.2, 0.25) is 11.8 Å². The minimum atomic E-state index is -0.759. The van der Waals surface area contributed by atoms with Gasteiger partial charge in [0.1, 0.15) is 12.1 Å². The van der Waals surface area contributed by atoms with Crippen LogP contribution in [0.25, 0.3) is 0 Å². The summed E-state index contributed by atoms with van der Waals surface area (Å²) >= 11 is 1.78. The Kier molecular flexibility index (Phi) is 10.6. The van der Waals surface area contributed by atoms with Crippen molar-refractivity contribution in [2.24, 2.45) is 11.7 Å². The molecule has 0 aromatic heterocycles. The summed E-state index contributed by atoms with van der Waals surface area (Å²) in [5, 5.41) is 6.46. The van der Waals surface area contributed by atoms with Crippen LogP contribution >= 0.6 is 11.8 Å². The van der Waals surface area contributed by atoms with Gasteiger partial charge in [-0.05, 0) is 77.6 Å². The molecular formula is C26H46N4O4S. The predicted octanol–water partition coefficient (Wildman–Crippen LogP) is 3.57. The zero-order valence-electron chi connectivity index (χ0n) is 21.9. The molecule has 3 rings (SSSR count). The zero-order valence-corrected chi connectivity index (χ0v) is 22.7. The lowest BCUT2D eigenvalue weighted by Gasteiger charge is -2.38. The number of hydrogen-bond donors (Lipinski definition) is 3. The number of nitrogens with one attached hydrogen (secondary N) is 2. The van der Waals surface area contributed by atoms with Crippen LogP contribution in [-0.2, 0) is 14.3 Å². The van der Waals surface area contributed by atoms with E-state index in [9.17, 15) is 14.4 Å². The second-order valence-corrected chi connectivity index (χ2v) is 13.0. The average Bonchev–Trinajstić information content (AvgIpc) is 3.52. The Balaban J connectivity index is 1.66. The summed E-state index contributed by atoms with van der Waals surface area (Å²) in [6.07, 6.45) is 10.3. The Morgan fingerprint density at radius 3 is 2.40 bits per heavy atom. The van der Waals surface area contributed by atoms with Crippen molar-refractivity contribution in [2.45, 2.75) is 120 Å². The lowest BCUT2D eigenvalue weighted by molar-refractivity contribution is -0.140. The molecule has 2 saturated carbocycles. The third-order valence-electron chi connectivity index (χ3n) is 7.71. The minimum absolute atomic E-state index is 0.0840. The molecule has 3 amide bonds. The number of rotatable bonds is 10. The highest BCUT2D eigenvalue weighted by Crippen LogP contribution is 2.40. The first-order valence-corrected chi connectivity index (χ1v) is 14.5. The van der Waals surface area contributed by atoms with E-state index in [1.807, 2.05) is 20.8 Å². The van der Waals surface area contributed by atoms with Gasteiger partial charge in [0.15, 0.2) is 0 Å². The van der Waals surface area contributed by atoms with E-state index >= 15 is 0 Å². The number of carbonyl (C=O) groups excluding carboxylic acids is 3. The molecule has 1 aliphatic heterocycles. The topological polar surface area (TPSA) is 114 Å². The van der Waals surface area contributed by atoms with Gasteiger partial charge < -0.3 is 26.0 Å². The third-order valence-corrected chi connectivity index (χ3v) is 9.36. The van der Waals surface area contributed by atoms with E-state index in [4.69, 9.17) is 10.5 Å². The highest BCUT2D eigenvalue weighted by Gasteiger charge is 2.45. The molecule has 2 atom stereocenters. The Morgan fingerprint density at radius 1 is 1.06 bits per heavy atom. The molecule has 200 valence electrons. The van der Waals surface area contributed by atoms with Crippen molar-refractivity contribution in [1.82, 2.24) is 15.5 Å². The van der Waals surface area contributed by atoms with E-state index in [1.54, 1.807) is 16.7 Å². The second-order valence-electron chi connectivity index (χ2n) is 11.1. The first-order chi connectivity index (χ1) is 16.7. The number of nitrogens with zero attached hydrogens (tertiary/aromatic N) is 1. The van der Waals surface area contributed by atoms with Crippen LogP contribution < -0.4 is 16.4 Å². The maximum atomic E-state index is 13.9. The van der Waals surface area contributed by atoms with Crippen LogP contribution in [0, 0.1) is 5.92 Å². The van der Waals surface area contributed by atoms with Crippen LogP contribution in [0.2, 0.25) is 0 Å². The van der Waals surface area contributed by atoms with Gasteiger partial charge in [-0.3, -0.25) is 9.59 Å². The number of likely N-dealkylation sites (tertiary alicyclic amines) is 1. The number of thioether (sulfide) groups is 1. The fourth-order valence-electron chi connectivity index (χ4n) is 5.61. The maximum absolute atomic E-state index is 13.9. The largest absolute Gasteiger partial charge is 0.450 e. The smallest absolute Gasteiger partial charge is 0.407 e. The monoisotopic (exact) mass is 510 g/mol. The summed E-state index contributed by atoms with van der Waals surface area (Å²) in [7, 11) is 0. The summed E-state index contributed by atoms with van der Waals surface area (Å²) in [5.74, 6) is 0.184. The minimum Gasteiger partial charge on any atom is -0.450 e. The van der Waals surface area contributed by atoms with Gasteiger partial charge in [0, 0.05) is 29.1 Å². The van der Waals surface area contributed by atoms with E-state index < -0.39 is 22.9 Å². The van der Waals surface area contributed by atoms with Crippen LogP contribution in [0.3, 0.4) is 0 Å². The van der Waals surface area contributed by atoms with Crippen molar-refractivity contribution in [1.29, 1.82) is 0 Å². The predicted molar refractivity (Wildman–Crippen MR) is 140 cm³/mol. The Labute approximate surface area is 215 Å². The molecule has 1 saturated heterocycles. The molecule has 0 bridgehead atoms. The van der Waals surface area contributed by atoms with Gasteiger partial charge in [0.25, 0.3) is 0 Å². The van der Waals surface area contributed by atoms with Crippen LogP contribution in [-0.4, -0.2) is 70.6 Å². The van der Waals surface area contributed by atoms with E-state index in [2.05, 4.69) is 10.6 Å². The van der Waals surface area contributed by atoms with Gasteiger partial charge >= 0.3 is 6.09 Å². The van der Waals surface area contributed by atoms with Gasteiger partial charge in [-0.15, -0.1) is 11.8 Å². The lowest BCUT2D eigenvalue weighted by Crippen LogP contribution is -2.60. The summed E-state index contributed by atoms with van der Waals surface area (Å²) in [5.41, 5.74) is 6.01. The van der Waals surface area contributed by atoms with Crippen LogP contribution in [0.1, 0.15) is 91.4 Å². The number of nitrogens with two attached hydrogens (primary N) is 1. The molecule has 3 aliphatic rings. The normalized spacial score (nSPS) is 26.4. The number of ether oxygens (including phenoxy) is 1. The summed E-state index contributed by atoms with van der Waals surface area (Å²) in [4.78, 5) is 41.2. The van der Waals surface area contributed by atoms with E-state index in [1.165, 1.54) is 12.8 Å². The maximum Gasteiger partial charge on any atom is 0.407 e. The van der Waals surface area contributed by atoms with Crippen molar-refractivity contribution in [3.05, 3.63) is 0 Å². The molecule has 35 heavy (non-hydrogen) atoms. The molecule has 3 fully saturated rings. The van der Waals surface area contributed by atoms with E-state index in [0.29, 0.717) is 43.7 Å². The van der Waals surface area contributed by atoms with Gasteiger partial charge in [-0.25, -0.2) is 4.79 Å². The van der Waals surface area contributed by atoms with E-state index in [-0.39, 0.29) is 17.9 Å². The quantitative estimate of drug-likeness (QED) is 0.414. The molecule has 0 aromatic rings. The standard InChI is InChI=1S/C26H46N4O4S/c1-4-16-34-25(33)29-22(26(2,3)35-20-8-5-6-9-20)24(32)30-15-7-10-21(30)23(31)28-17-18-11-13-19(27)14-12-18/h18-22H,4-17,27H2,1-3H3,(H,28,31)(H,29,33). The molecule has 0 spiro atoms. The first kappa shape index (κ1) is 28.1. The molecule has 2 unspecified atom stereocenters. The average molecular weight is 511 g/mol. The lowest BCUT2D eigenvalue weighted by atomic mass is 9.86. The Bertz CT molecular complexity index is 720. The fourth-order valence-corrected chi connectivity index (χ4v) is 7.34. The summed E-state index contributed by atoms with van der Waals surface area (Å²) in [6.45, 7) is 7.46. The van der Waals surface area contributed by atoms with Crippen molar-refractivity contribution >= 4 is 29.7 Å². The van der Waals surface area contributed by atoms with Gasteiger partial charge in [-0.2, -0.15) is 0 Å². The first-order valence-electron chi connectivity index (χ1n) is 13.7. The molecular weight excluding hydrogens is 464 g/mol. The zero-order chi connectivity index (χ0) is 25.4.